The van der Waals surface area contributed by atoms with Gasteiger partial charge in [0.25, 0.3) is 0 Å². The van der Waals surface area contributed by atoms with Crippen LogP contribution in [-0.2, 0) is 4.79 Å². The number of likely N-dealkylation sites (tertiary alicyclic amines) is 1. The van der Waals surface area contributed by atoms with Crippen LogP contribution in [0.25, 0.3) is 0 Å². The highest BCUT2D eigenvalue weighted by Gasteiger charge is 2.39. The summed E-state index contributed by atoms with van der Waals surface area (Å²) in [4.78, 5) is 14.9. The van der Waals surface area contributed by atoms with Crippen molar-refractivity contribution in [3.63, 3.8) is 0 Å². The van der Waals surface area contributed by atoms with Crippen molar-refractivity contribution in [1.29, 1.82) is 0 Å². The smallest absolute Gasteiger partial charge is 0.234 e. The summed E-state index contributed by atoms with van der Waals surface area (Å²) in [7, 11) is 0. The zero-order chi connectivity index (χ0) is 14.4. The van der Waals surface area contributed by atoms with Crippen molar-refractivity contribution in [3.05, 3.63) is 30.3 Å². The van der Waals surface area contributed by atoms with E-state index in [0.29, 0.717) is 26.2 Å². The lowest BCUT2D eigenvalue weighted by Gasteiger charge is -2.45. The molecule has 0 aromatic heterocycles. The Kier molecular flexibility index (Phi) is 5.46. The fourth-order valence-corrected chi connectivity index (χ4v) is 3.05. The fourth-order valence-electron chi connectivity index (χ4n) is 2.26. The van der Waals surface area contributed by atoms with E-state index in [1.54, 1.807) is 11.8 Å². The van der Waals surface area contributed by atoms with Gasteiger partial charge in [-0.05, 0) is 18.6 Å². The predicted octanol–water partition coefficient (Wildman–Crippen LogP) is 1.35. The normalized spacial score (nSPS) is 17.5. The Balaban J connectivity index is 1.55. The first-order valence-electron chi connectivity index (χ1n) is 7.00. The number of aliphatic hydroxyl groups is 1. The molecule has 2 rings (SSSR count). The zero-order valence-corrected chi connectivity index (χ0v) is 12.7. The molecule has 0 aliphatic carbocycles. The highest BCUT2D eigenvalue weighted by atomic mass is 32.2. The molecule has 1 saturated heterocycles. The molecule has 0 spiro atoms. The summed E-state index contributed by atoms with van der Waals surface area (Å²) in [5.41, 5.74) is -0.566. The molecule has 0 radical (unpaired) electrons. The average Bonchev–Trinajstić information content (AvgIpc) is 2.43. The van der Waals surface area contributed by atoms with E-state index in [0.717, 1.165) is 12.2 Å². The van der Waals surface area contributed by atoms with Crippen molar-refractivity contribution in [2.24, 2.45) is 0 Å². The molecule has 0 atom stereocenters. The Morgan fingerprint density at radius 2 is 2.10 bits per heavy atom. The summed E-state index contributed by atoms with van der Waals surface area (Å²) in [5.74, 6) is 0.908. The summed E-state index contributed by atoms with van der Waals surface area (Å²) >= 11 is 1.74. The maximum absolute atomic E-state index is 11.7. The van der Waals surface area contributed by atoms with Crippen LogP contribution < -0.4 is 5.32 Å². The van der Waals surface area contributed by atoms with E-state index < -0.39 is 5.60 Å². The molecular weight excluding hydrogens is 272 g/mol. The fraction of sp³-hybridized carbons (Fsp3) is 0.533. The molecule has 1 aliphatic rings. The number of nitrogens with zero attached hydrogens (tertiary/aromatic N) is 1. The van der Waals surface area contributed by atoms with Crippen molar-refractivity contribution in [2.45, 2.75) is 23.8 Å². The van der Waals surface area contributed by atoms with E-state index in [2.05, 4.69) is 17.4 Å². The van der Waals surface area contributed by atoms with Gasteiger partial charge in [-0.25, -0.2) is 0 Å². The SMILES string of the molecule is CCC1(O)CN(CC(=O)NCCSc2ccccc2)C1. The van der Waals surface area contributed by atoms with Crippen molar-refractivity contribution < 1.29 is 9.90 Å². The number of carbonyl (C=O) groups excluding carboxylic acids is 1. The summed E-state index contributed by atoms with van der Waals surface area (Å²) < 4.78 is 0. The second-order valence-electron chi connectivity index (χ2n) is 5.23. The molecule has 1 aliphatic heterocycles. The molecule has 1 aromatic carbocycles. The standard InChI is InChI=1S/C15H22N2O2S/c1-2-15(19)11-17(12-15)10-14(18)16-8-9-20-13-6-4-3-5-7-13/h3-7,19H,2,8-12H2,1H3,(H,16,18). The molecule has 4 nitrogen and oxygen atoms in total. The summed E-state index contributed by atoms with van der Waals surface area (Å²) in [6.45, 7) is 4.24. The molecule has 20 heavy (non-hydrogen) atoms. The van der Waals surface area contributed by atoms with E-state index >= 15 is 0 Å². The summed E-state index contributed by atoms with van der Waals surface area (Å²) in [6.07, 6.45) is 0.749. The second kappa shape index (κ2) is 7.11. The molecule has 5 heteroatoms. The van der Waals surface area contributed by atoms with Crippen LogP contribution in [0.4, 0.5) is 0 Å². The topological polar surface area (TPSA) is 52.6 Å². The molecule has 0 unspecified atom stereocenters. The van der Waals surface area contributed by atoms with Gasteiger partial charge in [0.15, 0.2) is 0 Å². The Morgan fingerprint density at radius 1 is 1.40 bits per heavy atom. The number of hydrogen-bond donors (Lipinski definition) is 2. The van der Waals surface area contributed by atoms with Crippen LogP contribution in [0.3, 0.4) is 0 Å². The second-order valence-corrected chi connectivity index (χ2v) is 6.40. The van der Waals surface area contributed by atoms with Gasteiger partial charge in [-0.3, -0.25) is 9.69 Å². The Labute approximate surface area is 124 Å². The lowest BCUT2D eigenvalue weighted by Crippen LogP contribution is -2.63. The predicted molar refractivity (Wildman–Crippen MR) is 81.9 cm³/mol. The third-order valence-electron chi connectivity index (χ3n) is 3.50. The molecule has 1 aromatic rings. The first-order valence-corrected chi connectivity index (χ1v) is 7.99. The zero-order valence-electron chi connectivity index (χ0n) is 11.8. The molecule has 1 heterocycles. The van der Waals surface area contributed by atoms with Crippen LogP contribution >= 0.6 is 11.8 Å². The number of amides is 1. The maximum atomic E-state index is 11.7. The van der Waals surface area contributed by atoms with E-state index in [1.165, 1.54) is 4.90 Å². The van der Waals surface area contributed by atoms with E-state index in [9.17, 15) is 9.90 Å². The number of β-amino-alcohol motifs (C(OH)–C–C–N with tert-alkyl or cyclic N) is 1. The van der Waals surface area contributed by atoms with Gasteiger partial charge in [-0.2, -0.15) is 0 Å². The van der Waals surface area contributed by atoms with Crippen LogP contribution in [-0.4, -0.2) is 53.4 Å². The van der Waals surface area contributed by atoms with E-state index in [-0.39, 0.29) is 5.91 Å². The Bertz CT molecular complexity index is 433. The monoisotopic (exact) mass is 294 g/mol. The highest BCUT2D eigenvalue weighted by Crippen LogP contribution is 2.23. The molecule has 0 bridgehead atoms. The first-order chi connectivity index (χ1) is 9.61. The number of carbonyl (C=O) groups is 1. The minimum Gasteiger partial charge on any atom is -0.387 e. The van der Waals surface area contributed by atoms with Crippen molar-refractivity contribution in [2.75, 3.05) is 31.9 Å². The molecule has 0 saturated carbocycles. The van der Waals surface area contributed by atoms with Crippen molar-refractivity contribution in [3.8, 4) is 0 Å². The van der Waals surface area contributed by atoms with Crippen LogP contribution in [0, 0.1) is 0 Å². The number of benzene rings is 1. The third-order valence-corrected chi connectivity index (χ3v) is 4.51. The lowest BCUT2D eigenvalue weighted by molar-refractivity contribution is -0.132. The van der Waals surface area contributed by atoms with Gasteiger partial charge in [-0.1, -0.05) is 25.1 Å². The van der Waals surface area contributed by atoms with Gasteiger partial charge >= 0.3 is 0 Å². The quantitative estimate of drug-likeness (QED) is 0.589. The first kappa shape index (κ1) is 15.4. The van der Waals surface area contributed by atoms with Crippen LogP contribution in [0.15, 0.2) is 35.2 Å². The van der Waals surface area contributed by atoms with Crippen molar-refractivity contribution >= 4 is 17.7 Å². The molecular formula is C15H22N2O2S. The molecule has 110 valence electrons. The van der Waals surface area contributed by atoms with E-state index in [1.807, 2.05) is 30.0 Å². The number of nitrogens with one attached hydrogen (secondary N) is 1. The van der Waals surface area contributed by atoms with Gasteiger partial charge in [0.2, 0.25) is 5.91 Å². The van der Waals surface area contributed by atoms with Crippen molar-refractivity contribution in [1.82, 2.24) is 10.2 Å². The lowest BCUT2D eigenvalue weighted by atomic mass is 9.91. The minimum atomic E-state index is -0.566. The van der Waals surface area contributed by atoms with Gasteiger partial charge in [-0.15, -0.1) is 11.8 Å². The maximum Gasteiger partial charge on any atom is 0.234 e. The Morgan fingerprint density at radius 3 is 2.75 bits per heavy atom. The minimum absolute atomic E-state index is 0.0387. The number of hydrogen-bond acceptors (Lipinski definition) is 4. The van der Waals surface area contributed by atoms with Crippen LogP contribution in [0.2, 0.25) is 0 Å². The largest absolute Gasteiger partial charge is 0.387 e. The molecule has 1 amide bonds. The van der Waals surface area contributed by atoms with Gasteiger partial charge in [0.1, 0.15) is 0 Å². The third kappa shape index (κ3) is 4.51. The van der Waals surface area contributed by atoms with E-state index in [4.69, 9.17) is 0 Å². The van der Waals surface area contributed by atoms with Gasteiger partial charge in [0, 0.05) is 30.3 Å². The highest BCUT2D eigenvalue weighted by molar-refractivity contribution is 7.99. The van der Waals surface area contributed by atoms with Gasteiger partial charge in [0.05, 0.1) is 12.1 Å². The van der Waals surface area contributed by atoms with Crippen LogP contribution in [0.1, 0.15) is 13.3 Å². The Hall–Kier alpha value is -1.04. The summed E-state index contributed by atoms with van der Waals surface area (Å²) in [5, 5.41) is 12.8. The average molecular weight is 294 g/mol. The van der Waals surface area contributed by atoms with Gasteiger partial charge < -0.3 is 10.4 Å². The van der Waals surface area contributed by atoms with Crippen LogP contribution in [0.5, 0.6) is 0 Å². The molecule has 1 fully saturated rings. The summed E-state index contributed by atoms with van der Waals surface area (Å²) in [6, 6.07) is 10.2. The number of thioether (sulfide) groups is 1. The number of rotatable bonds is 7. The molecule has 2 N–H and O–H groups in total.